The molecule has 0 radical (unpaired) electrons. The lowest BCUT2D eigenvalue weighted by atomic mass is 10.0. The van der Waals surface area contributed by atoms with Crippen LogP contribution in [0.5, 0.6) is 0 Å². The molecular formula is C19H21N3O3. The number of carbonyl (C=O) groups excluding carboxylic acids is 3. The molecular weight excluding hydrogens is 318 g/mol. The SMILES string of the molecule is C[C@H](Cc1ccccc1)C(=O)Nc1ccc(C(=O)NCC(N)=O)cc1. The predicted molar refractivity (Wildman–Crippen MR) is 95.9 cm³/mol. The zero-order valence-electron chi connectivity index (χ0n) is 14.0. The van der Waals surface area contributed by atoms with Crippen LogP contribution in [0.25, 0.3) is 0 Å². The third-order valence-corrected chi connectivity index (χ3v) is 3.67. The summed E-state index contributed by atoms with van der Waals surface area (Å²) in [5.41, 5.74) is 7.08. The van der Waals surface area contributed by atoms with Crippen molar-refractivity contribution in [3.8, 4) is 0 Å². The van der Waals surface area contributed by atoms with Crippen molar-refractivity contribution in [1.29, 1.82) is 0 Å². The van der Waals surface area contributed by atoms with Gasteiger partial charge in [-0.3, -0.25) is 14.4 Å². The van der Waals surface area contributed by atoms with Crippen molar-refractivity contribution in [3.05, 3.63) is 65.7 Å². The summed E-state index contributed by atoms with van der Waals surface area (Å²) < 4.78 is 0. The molecule has 0 aliphatic heterocycles. The maximum Gasteiger partial charge on any atom is 0.251 e. The van der Waals surface area contributed by atoms with E-state index in [0.29, 0.717) is 17.7 Å². The largest absolute Gasteiger partial charge is 0.368 e. The van der Waals surface area contributed by atoms with Gasteiger partial charge < -0.3 is 16.4 Å². The maximum atomic E-state index is 12.3. The Kier molecular flexibility index (Phi) is 6.28. The molecule has 2 aromatic carbocycles. The van der Waals surface area contributed by atoms with Gasteiger partial charge >= 0.3 is 0 Å². The first-order valence-corrected chi connectivity index (χ1v) is 7.97. The molecule has 0 aliphatic carbocycles. The molecule has 0 unspecified atom stereocenters. The first-order chi connectivity index (χ1) is 12.0. The minimum atomic E-state index is -0.607. The average Bonchev–Trinajstić information content (AvgIpc) is 2.61. The summed E-state index contributed by atoms with van der Waals surface area (Å²) in [6, 6.07) is 16.3. The number of carbonyl (C=O) groups is 3. The Balaban J connectivity index is 1.90. The summed E-state index contributed by atoms with van der Waals surface area (Å²) in [4.78, 5) is 34.7. The molecule has 6 nitrogen and oxygen atoms in total. The predicted octanol–water partition coefficient (Wildman–Crippen LogP) is 1.72. The molecule has 1 atom stereocenters. The number of hydrogen-bond donors (Lipinski definition) is 3. The molecule has 0 bridgehead atoms. The lowest BCUT2D eigenvalue weighted by molar-refractivity contribution is -0.119. The van der Waals surface area contributed by atoms with Gasteiger partial charge in [-0.25, -0.2) is 0 Å². The minimum Gasteiger partial charge on any atom is -0.368 e. The lowest BCUT2D eigenvalue weighted by Gasteiger charge is -2.12. The zero-order valence-corrected chi connectivity index (χ0v) is 14.0. The topological polar surface area (TPSA) is 101 Å². The van der Waals surface area contributed by atoms with Crippen LogP contribution in [-0.2, 0) is 16.0 Å². The van der Waals surface area contributed by atoms with E-state index < -0.39 is 11.8 Å². The first kappa shape index (κ1) is 18.2. The van der Waals surface area contributed by atoms with Crippen LogP contribution in [0.2, 0.25) is 0 Å². The third-order valence-electron chi connectivity index (χ3n) is 3.67. The molecule has 6 heteroatoms. The van der Waals surface area contributed by atoms with Gasteiger partial charge in [-0.2, -0.15) is 0 Å². The van der Waals surface area contributed by atoms with Gasteiger partial charge in [-0.15, -0.1) is 0 Å². The molecule has 0 fully saturated rings. The molecule has 2 aromatic rings. The molecule has 4 N–H and O–H groups in total. The van der Waals surface area contributed by atoms with Crippen molar-refractivity contribution in [3.63, 3.8) is 0 Å². The second-order valence-electron chi connectivity index (χ2n) is 5.81. The normalized spacial score (nSPS) is 11.4. The monoisotopic (exact) mass is 339 g/mol. The fourth-order valence-corrected chi connectivity index (χ4v) is 2.30. The van der Waals surface area contributed by atoms with E-state index in [-0.39, 0.29) is 18.4 Å². The maximum absolute atomic E-state index is 12.3. The van der Waals surface area contributed by atoms with Gasteiger partial charge in [0.2, 0.25) is 11.8 Å². The van der Waals surface area contributed by atoms with E-state index >= 15 is 0 Å². The average molecular weight is 339 g/mol. The van der Waals surface area contributed by atoms with Gasteiger partial charge in [0.25, 0.3) is 5.91 Å². The number of benzene rings is 2. The van der Waals surface area contributed by atoms with E-state index in [9.17, 15) is 14.4 Å². The molecule has 2 rings (SSSR count). The number of primary amides is 1. The van der Waals surface area contributed by atoms with Crippen molar-refractivity contribution in [2.75, 3.05) is 11.9 Å². The fourth-order valence-electron chi connectivity index (χ4n) is 2.30. The quantitative estimate of drug-likeness (QED) is 0.716. The molecule has 0 aliphatic rings. The van der Waals surface area contributed by atoms with Crippen molar-refractivity contribution < 1.29 is 14.4 Å². The van der Waals surface area contributed by atoms with E-state index in [1.807, 2.05) is 37.3 Å². The van der Waals surface area contributed by atoms with Crippen molar-refractivity contribution in [2.24, 2.45) is 11.7 Å². The van der Waals surface area contributed by atoms with Crippen molar-refractivity contribution in [2.45, 2.75) is 13.3 Å². The number of amides is 3. The van der Waals surface area contributed by atoms with E-state index in [4.69, 9.17) is 5.73 Å². The zero-order chi connectivity index (χ0) is 18.2. The Morgan fingerprint density at radius 1 is 1.00 bits per heavy atom. The van der Waals surface area contributed by atoms with Crippen LogP contribution < -0.4 is 16.4 Å². The van der Waals surface area contributed by atoms with Crippen molar-refractivity contribution in [1.82, 2.24) is 5.32 Å². The highest BCUT2D eigenvalue weighted by atomic mass is 16.2. The Hall–Kier alpha value is -3.15. The summed E-state index contributed by atoms with van der Waals surface area (Å²) in [6.45, 7) is 1.66. The number of hydrogen-bond acceptors (Lipinski definition) is 3. The summed E-state index contributed by atoms with van der Waals surface area (Å²) >= 11 is 0. The highest BCUT2D eigenvalue weighted by molar-refractivity contribution is 5.97. The van der Waals surface area contributed by atoms with E-state index in [2.05, 4.69) is 10.6 Å². The highest BCUT2D eigenvalue weighted by Gasteiger charge is 2.14. The molecule has 0 heterocycles. The third kappa shape index (κ3) is 5.76. The van der Waals surface area contributed by atoms with Crippen LogP contribution in [0.1, 0.15) is 22.8 Å². The van der Waals surface area contributed by atoms with E-state index in [1.165, 1.54) is 0 Å². The number of rotatable bonds is 7. The molecule has 0 spiro atoms. The van der Waals surface area contributed by atoms with Crippen molar-refractivity contribution >= 4 is 23.4 Å². The van der Waals surface area contributed by atoms with Gasteiger partial charge in [0.05, 0.1) is 6.54 Å². The van der Waals surface area contributed by atoms with Gasteiger partial charge in [-0.05, 0) is 36.2 Å². The minimum absolute atomic E-state index is 0.0882. The molecule has 0 saturated carbocycles. The Morgan fingerprint density at radius 3 is 2.24 bits per heavy atom. The second kappa shape index (κ2) is 8.63. The summed E-state index contributed by atoms with van der Waals surface area (Å²) in [7, 11) is 0. The van der Waals surface area contributed by atoms with E-state index in [1.54, 1.807) is 24.3 Å². The molecule has 25 heavy (non-hydrogen) atoms. The van der Waals surface area contributed by atoms with Gasteiger partial charge in [0.1, 0.15) is 0 Å². The van der Waals surface area contributed by atoms with Crippen LogP contribution >= 0.6 is 0 Å². The van der Waals surface area contributed by atoms with E-state index in [0.717, 1.165) is 5.56 Å². The molecule has 130 valence electrons. The van der Waals surface area contributed by atoms with Gasteiger partial charge in [0.15, 0.2) is 0 Å². The van der Waals surface area contributed by atoms with Crippen LogP contribution in [0.3, 0.4) is 0 Å². The first-order valence-electron chi connectivity index (χ1n) is 7.97. The van der Waals surface area contributed by atoms with Crippen LogP contribution in [0.4, 0.5) is 5.69 Å². The number of nitrogens with two attached hydrogens (primary N) is 1. The summed E-state index contributed by atoms with van der Waals surface area (Å²) in [6.07, 6.45) is 0.653. The fraction of sp³-hybridized carbons (Fsp3) is 0.211. The van der Waals surface area contributed by atoms with Crippen LogP contribution in [0.15, 0.2) is 54.6 Å². The lowest BCUT2D eigenvalue weighted by Crippen LogP contribution is -2.33. The molecule has 0 saturated heterocycles. The molecule has 3 amide bonds. The number of nitrogens with one attached hydrogen (secondary N) is 2. The Labute approximate surface area is 146 Å². The summed E-state index contributed by atoms with van der Waals surface area (Å²) in [5, 5.41) is 5.24. The highest BCUT2D eigenvalue weighted by Crippen LogP contribution is 2.14. The Bertz CT molecular complexity index is 742. The van der Waals surface area contributed by atoms with Gasteiger partial charge in [-0.1, -0.05) is 37.3 Å². The second-order valence-corrected chi connectivity index (χ2v) is 5.81. The standard InChI is InChI=1S/C19H21N3O3/c1-13(11-14-5-3-2-4-6-14)18(24)22-16-9-7-15(8-10-16)19(25)21-12-17(20)23/h2-10,13H,11-12H2,1H3,(H2,20,23)(H,21,25)(H,22,24)/t13-/m1/s1. The number of anilines is 1. The van der Waals surface area contributed by atoms with Gasteiger partial charge in [0, 0.05) is 17.2 Å². The van der Waals surface area contributed by atoms with Crippen LogP contribution in [0, 0.1) is 5.92 Å². The van der Waals surface area contributed by atoms with Crippen LogP contribution in [-0.4, -0.2) is 24.3 Å². The molecule has 0 aromatic heterocycles. The Morgan fingerprint density at radius 2 is 1.64 bits per heavy atom. The smallest absolute Gasteiger partial charge is 0.251 e. The summed E-state index contributed by atoms with van der Waals surface area (Å²) in [5.74, 6) is -1.27.